The SMILES string of the molecule is CC(C)(C(=O)Cc1cc(F)ccc1Cl)C1CCCNC1. The summed E-state index contributed by atoms with van der Waals surface area (Å²) in [6.07, 6.45) is 2.35. The minimum Gasteiger partial charge on any atom is -0.316 e. The first-order chi connectivity index (χ1) is 9.41. The lowest BCUT2D eigenvalue weighted by molar-refractivity contribution is -0.129. The molecule has 0 radical (unpaired) electrons. The molecule has 1 saturated heterocycles. The van der Waals surface area contributed by atoms with Gasteiger partial charge in [0.1, 0.15) is 11.6 Å². The standard InChI is InChI=1S/C16H21ClFNO/c1-16(2,12-4-3-7-19-10-12)15(20)9-11-8-13(18)5-6-14(11)17/h5-6,8,12,19H,3-4,7,9-10H2,1-2H3. The number of Topliss-reactive ketones (excluding diaryl/α,β-unsaturated/α-hetero) is 1. The highest BCUT2D eigenvalue weighted by molar-refractivity contribution is 6.31. The zero-order chi connectivity index (χ0) is 14.8. The molecule has 1 unspecified atom stereocenters. The molecule has 1 heterocycles. The average molecular weight is 298 g/mol. The first kappa shape index (κ1) is 15.5. The third kappa shape index (κ3) is 3.39. The molecule has 0 bridgehead atoms. The highest BCUT2D eigenvalue weighted by Crippen LogP contribution is 2.34. The number of rotatable bonds is 4. The van der Waals surface area contributed by atoms with Gasteiger partial charge in [0.05, 0.1) is 0 Å². The monoisotopic (exact) mass is 297 g/mol. The third-order valence-electron chi connectivity index (χ3n) is 4.39. The van der Waals surface area contributed by atoms with Crippen molar-refractivity contribution in [1.82, 2.24) is 5.32 Å². The summed E-state index contributed by atoms with van der Waals surface area (Å²) in [7, 11) is 0. The van der Waals surface area contributed by atoms with E-state index in [-0.39, 0.29) is 18.0 Å². The maximum Gasteiger partial charge on any atom is 0.143 e. The van der Waals surface area contributed by atoms with E-state index in [0.717, 1.165) is 25.9 Å². The molecule has 1 aliphatic heterocycles. The molecule has 0 aliphatic carbocycles. The van der Waals surface area contributed by atoms with Gasteiger partial charge in [0.25, 0.3) is 0 Å². The van der Waals surface area contributed by atoms with E-state index in [0.29, 0.717) is 16.5 Å². The van der Waals surface area contributed by atoms with E-state index in [9.17, 15) is 9.18 Å². The van der Waals surface area contributed by atoms with Gasteiger partial charge in [0.2, 0.25) is 0 Å². The van der Waals surface area contributed by atoms with Gasteiger partial charge in [-0.1, -0.05) is 25.4 Å². The number of benzene rings is 1. The van der Waals surface area contributed by atoms with Crippen LogP contribution in [-0.4, -0.2) is 18.9 Å². The van der Waals surface area contributed by atoms with E-state index >= 15 is 0 Å². The van der Waals surface area contributed by atoms with Crippen molar-refractivity contribution in [3.63, 3.8) is 0 Å². The second-order valence-corrected chi connectivity index (χ2v) is 6.51. The molecule has 2 nitrogen and oxygen atoms in total. The molecule has 0 spiro atoms. The van der Waals surface area contributed by atoms with Crippen LogP contribution in [0.25, 0.3) is 0 Å². The van der Waals surface area contributed by atoms with Crippen molar-refractivity contribution >= 4 is 17.4 Å². The fourth-order valence-corrected chi connectivity index (χ4v) is 2.96. The van der Waals surface area contributed by atoms with Gasteiger partial charge < -0.3 is 5.32 Å². The first-order valence-corrected chi connectivity index (χ1v) is 7.47. The highest BCUT2D eigenvalue weighted by atomic mass is 35.5. The van der Waals surface area contributed by atoms with E-state index in [4.69, 9.17) is 11.6 Å². The second kappa shape index (κ2) is 6.23. The Kier molecular flexibility index (Phi) is 4.82. The Balaban J connectivity index is 2.11. The molecule has 4 heteroatoms. The Morgan fingerprint density at radius 1 is 1.50 bits per heavy atom. The van der Waals surface area contributed by atoms with Gasteiger partial charge in [0.15, 0.2) is 0 Å². The molecule has 0 amide bonds. The predicted molar refractivity (Wildman–Crippen MR) is 79.5 cm³/mol. The quantitative estimate of drug-likeness (QED) is 0.920. The van der Waals surface area contributed by atoms with Crippen LogP contribution in [-0.2, 0) is 11.2 Å². The Bertz CT molecular complexity index is 495. The van der Waals surface area contributed by atoms with Gasteiger partial charge in [-0.25, -0.2) is 4.39 Å². The lowest BCUT2D eigenvalue weighted by Gasteiger charge is -2.36. The van der Waals surface area contributed by atoms with E-state index < -0.39 is 5.41 Å². The summed E-state index contributed by atoms with van der Waals surface area (Å²) in [6, 6.07) is 4.18. The van der Waals surface area contributed by atoms with Crippen LogP contribution < -0.4 is 5.32 Å². The predicted octanol–water partition coefficient (Wildman–Crippen LogP) is 3.62. The van der Waals surface area contributed by atoms with Gasteiger partial charge >= 0.3 is 0 Å². The number of halogens is 2. The summed E-state index contributed by atoms with van der Waals surface area (Å²) in [5.41, 5.74) is 0.164. The van der Waals surface area contributed by atoms with Crippen molar-refractivity contribution in [1.29, 1.82) is 0 Å². The summed E-state index contributed by atoms with van der Waals surface area (Å²) in [5.74, 6) is 0.101. The Hall–Kier alpha value is -0.930. The van der Waals surface area contributed by atoms with E-state index in [2.05, 4.69) is 5.32 Å². The molecule has 0 aromatic heterocycles. The number of hydrogen-bond donors (Lipinski definition) is 1. The molecule has 1 aromatic carbocycles. The summed E-state index contributed by atoms with van der Waals surface area (Å²) in [6.45, 7) is 5.87. The molecule has 1 aromatic rings. The summed E-state index contributed by atoms with van der Waals surface area (Å²) >= 11 is 6.04. The van der Waals surface area contributed by atoms with Gasteiger partial charge in [-0.2, -0.15) is 0 Å². The van der Waals surface area contributed by atoms with Gasteiger partial charge in [-0.15, -0.1) is 0 Å². The van der Waals surface area contributed by atoms with Crippen LogP contribution in [0.5, 0.6) is 0 Å². The number of piperidine rings is 1. The zero-order valence-electron chi connectivity index (χ0n) is 12.0. The van der Waals surface area contributed by atoms with Crippen LogP contribution in [0.4, 0.5) is 4.39 Å². The molecule has 1 atom stereocenters. The summed E-state index contributed by atoms with van der Waals surface area (Å²) in [5, 5.41) is 3.80. The van der Waals surface area contributed by atoms with Crippen molar-refractivity contribution in [3.05, 3.63) is 34.6 Å². The van der Waals surface area contributed by atoms with Crippen LogP contribution in [0.15, 0.2) is 18.2 Å². The van der Waals surface area contributed by atoms with Gasteiger partial charge in [-0.3, -0.25) is 4.79 Å². The topological polar surface area (TPSA) is 29.1 Å². The smallest absolute Gasteiger partial charge is 0.143 e. The normalized spacial score (nSPS) is 19.9. The fraction of sp³-hybridized carbons (Fsp3) is 0.562. The van der Waals surface area contributed by atoms with Crippen LogP contribution in [0, 0.1) is 17.2 Å². The maximum absolute atomic E-state index is 13.3. The lowest BCUT2D eigenvalue weighted by Crippen LogP contribution is -2.43. The van der Waals surface area contributed by atoms with E-state index in [1.807, 2.05) is 13.8 Å². The number of carbonyl (C=O) groups is 1. The lowest BCUT2D eigenvalue weighted by atomic mass is 9.71. The summed E-state index contributed by atoms with van der Waals surface area (Å²) in [4.78, 5) is 12.6. The van der Waals surface area contributed by atoms with E-state index in [1.165, 1.54) is 18.2 Å². The molecule has 1 aliphatic rings. The minimum absolute atomic E-state index is 0.124. The number of ketones is 1. The van der Waals surface area contributed by atoms with Crippen LogP contribution in [0.1, 0.15) is 32.3 Å². The van der Waals surface area contributed by atoms with Crippen molar-refractivity contribution in [2.24, 2.45) is 11.3 Å². The summed E-state index contributed by atoms with van der Waals surface area (Å²) < 4.78 is 13.3. The largest absolute Gasteiger partial charge is 0.316 e. The maximum atomic E-state index is 13.3. The molecule has 1 fully saturated rings. The molecule has 110 valence electrons. The Morgan fingerprint density at radius 3 is 2.90 bits per heavy atom. The number of hydrogen-bond acceptors (Lipinski definition) is 2. The van der Waals surface area contributed by atoms with Crippen molar-refractivity contribution < 1.29 is 9.18 Å². The first-order valence-electron chi connectivity index (χ1n) is 7.09. The van der Waals surface area contributed by atoms with Crippen molar-refractivity contribution in [3.8, 4) is 0 Å². The average Bonchev–Trinajstić information content (AvgIpc) is 2.43. The molecule has 1 N–H and O–H groups in total. The van der Waals surface area contributed by atoms with E-state index in [1.54, 1.807) is 0 Å². The Morgan fingerprint density at radius 2 is 2.25 bits per heavy atom. The minimum atomic E-state index is -0.414. The molecule has 20 heavy (non-hydrogen) atoms. The fourth-order valence-electron chi connectivity index (χ4n) is 2.78. The van der Waals surface area contributed by atoms with Crippen LogP contribution in [0.3, 0.4) is 0 Å². The van der Waals surface area contributed by atoms with Gasteiger partial charge in [0, 0.05) is 16.9 Å². The van der Waals surface area contributed by atoms with Crippen LogP contribution >= 0.6 is 11.6 Å². The molecule has 0 saturated carbocycles. The van der Waals surface area contributed by atoms with Crippen molar-refractivity contribution in [2.45, 2.75) is 33.1 Å². The molecular formula is C16H21ClFNO. The molecular weight excluding hydrogens is 277 g/mol. The van der Waals surface area contributed by atoms with Crippen molar-refractivity contribution in [2.75, 3.05) is 13.1 Å². The van der Waals surface area contributed by atoms with Gasteiger partial charge in [-0.05, 0) is 55.6 Å². The number of nitrogens with one attached hydrogen (secondary N) is 1. The highest BCUT2D eigenvalue weighted by Gasteiger charge is 2.36. The second-order valence-electron chi connectivity index (χ2n) is 6.10. The Labute approximate surface area is 124 Å². The zero-order valence-corrected chi connectivity index (χ0v) is 12.8. The van der Waals surface area contributed by atoms with Crippen LogP contribution in [0.2, 0.25) is 5.02 Å². The number of carbonyl (C=O) groups excluding carboxylic acids is 1. The molecule has 2 rings (SSSR count). The third-order valence-corrected chi connectivity index (χ3v) is 4.76.